The SMILES string of the molecule is O/N=C(\c1ccccc1)c1ncccn1. The number of benzene rings is 1. The fraction of sp³-hybridized carbons (Fsp3) is 0. The lowest BCUT2D eigenvalue weighted by atomic mass is 10.1. The highest BCUT2D eigenvalue weighted by molar-refractivity contribution is 6.10. The van der Waals surface area contributed by atoms with E-state index < -0.39 is 0 Å². The minimum Gasteiger partial charge on any atom is -0.410 e. The van der Waals surface area contributed by atoms with Crippen LogP contribution in [0.5, 0.6) is 0 Å². The molecule has 0 amide bonds. The van der Waals surface area contributed by atoms with Crippen molar-refractivity contribution >= 4 is 5.71 Å². The lowest BCUT2D eigenvalue weighted by Gasteiger charge is -2.01. The summed E-state index contributed by atoms with van der Waals surface area (Å²) in [5, 5.41) is 12.2. The van der Waals surface area contributed by atoms with Gasteiger partial charge in [-0.1, -0.05) is 35.5 Å². The van der Waals surface area contributed by atoms with Gasteiger partial charge >= 0.3 is 0 Å². The monoisotopic (exact) mass is 199 g/mol. The molecule has 0 bridgehead atoms. The van der Waals surface area contributed by atoms with E-state index in [1.54, 1.807) is 18.5 Å². The maximum absolute atomic E-state index is 8.94. The molecule has 1 aromatic heterocycles. The van der Waals surface area contributed by atoms with E-state index in [1.807, 2.05) is 30.3 Å². The number of aromatic nitrogens is 2. The quantitative estimate of drug-likeness (QED) is 0.455. The minimum atomic E-state index is 0.371. The van der Waals surface area contributed by atoms with Crippen molar-refractivity contribution in [3.05, 3.63) is 60.2 Å². The highest BCUT2D eigenvalue weighted by atomic mass is 16.4. The van der Waals surface area contributed by atoms with Crippen molar-refractivity contribution in [1.82, 2.24) is 9.97 Å². The van der Waals surface area contributed by atoms with E-state index in [2.05, 4.69) is 15.1 Å². The lowest BCUT2D eigenvalue weighted by Crippen LogP contribution is -2.07. The first-order valence-electron chi connectivity index (χ1n) is 4.46. The van der Waals surface area contributed by atoms with Crippen LogP contribution in [0.4, 0.5) is 0 Å². The molecule has 0 unspecified atom stereocenters. The average Bonchev–Trinajstić information content (AvgIpc) is 2.33. The highest BCUT2D eigenvalue weighted by Crippen LogP contribution is 2.05. The maximum Gasteiger partial charge on any atom is 0.182 e. The van der Waals surface area contributed by atoms with Crippen LogP contribution >= 0.6 is 0 Å². The number of oxime groups is 1. The zero-order valence-corrected chi connectivity index (χ0v) is 7.91. The molecular formula is C11H9N3O. The molecule has 4 nitrogen and oxygen atoms in total. The largest absolute Gasteiger partial charge is 0.410 e. The van der Waals surface area contributed by atoms with Gasteiger partial charge in [0.05, 0.1) is 0 Å². The molecule has 0 aliphatic carbocycles. The molecule has 0 saturated heterocycles. The first-order chi connectivity index (χ1) is 7.42. The van der Waals surface area contributed by atoms with Crippen molar-refractivity contribution in [1.29, 1.82) is 0 Å². The van der Waals surface area contributed by atoms with Gasteiger partial charge in [-0.25, -0.2) is 9.97 Å². The molecule has 4 heteroatoms. The minimum absolute atomic E-state index is 0.371. The summed E-state index contributed by atoms with van der Waals surface area (Å²) in [5.74, 6) is 0.409. The summed E-state index contributed by atoms with van der Waals surface area (Å²) in [5.41, 5.74) is 1.16. The molecule has 1 N–H and O–H groups in total. The third kappa shape index (κ3) is 1.99. The van der Waals surface area contributed by atoms with Crippen LogP contribution in [0, 0.1) is 0 Å². The van der Waals surface area contributed by atoms with Crippen molar-refractivity contribution in [3.8, 4) is 0 Å². The van der Waals surface area contributed by atoms with E-state index in [1.165, 1.54) is 0 Å². The van der Waals surface area contributed by atoms with E-state index in [-0.39, 0.29) is 0 Å². The molecule has 0 spiro atoms. The van der Waals surface area contributed by atoms with Gasteiger partial charge in [-0.2, -0.15) is 0 Å². The first kappa shape index (κ1) is 9.33. The van der Waals surface area contributed by atoms with Crippen LogP contribution in [0.3, 0.4) is 0 Å². The number of hydrogen-bond donors (Lipinski definition) is 1. The summed E-state index contributed by atoms with van der Waals surface area (Å²) in [7, 11) is 0. The van der Waals surface area contributed by atoms with Gasteiger partial charge in [-0.15, -0.1) is 0 Å². The van der Waals surface area contributed by atoms with E-state index >= 15 is 0 Å². The van der Waals surface area contributed by atoms with Gasteiger partial charge in [0.15, 0.2) is 11.5 Å². The molecule has 2 rings (SSSR count). The van der Waals surface area contributed by atoms with E-state index in [9.17, 15) is 0 Å². The summed E-state index contributed by atoms with van der Waals surface area (Å²) in [6.07, 6.45) is 3.22. The number of rotatable bonds is 2. The molecule has 0 atom stereocenters. The van der Waals surface area contributed by atoms with Crippen LogP contribution in [-0.2, 0) is 0 Å². The highest BCUT2D eigenvalue weighted by Gasteiger charge is 2.08. The van der Waals surface area contributed by atoms with Crippen LogP contribution in [0.1, 0.15) is 11.4 Å². The third-order valence-electron chi connectivity index (χ3n) is 1.92. The molecule has 0 radical (unpaired) electrons. The van der Waals surface area contributed by atoms with Crippen molar-refractivity contribution in [2.75, 3.05) is 0 Å². The topological polar surface area (TPSA) is 58.4 Å². The molecule has 1 heterocycles. The van der Waals surface area contributed by atoms with Crippen LogP contribution < -0.4 is 0 Å². The fourth-order valence-corrected chi connectivity index (χ4v) is 1.25. The zero-order valence-electron chi connectivity index (χ0n) is 7.91. The van der Waals surface area contributed by atoms with Gasteiger partial charge in [-0.3, -0.25) is 0 Å². The summed E-state index contributed by atoms with van der Waals surface area (Å²) >= 11 is 0. The second-order valence-corrected chi connectivity index (χ2v) is 2.89. The van der Waals surface area contributed by atoms with E-state index in [0.29, 0.717) is 11.5 Å². The zero-order chi connectivity index (χ0) is 10.5. The summed E-state index contributed by atoms with van der Waals surface area (Å²) < 4.78 is 0. The first-order valence-corrected chi connectivity index (χ1v) is 4.46. The van der Waals surface area contributed by atoms with Crippen LogP contribution in [0.2, 0.25) is 0 Å². The van der Waals surface area contributed by atoms with E-state index in [0.717, 1.165) is 5.56 Å². The van der Waals surface area contributed by atoms with Crippen molar-refractivity contribution < 1.29 is 5.21 Å². The molecular weight excluding hydrogens is 190 g/mol. The standard InChI is InChI=1S/C11H9N3O/c15-14-10(9-5-2-1-3-6-9)11-12-7-4-8-13-11/h1-8,15H/b14-10+. The second-order valence-electron chi connectivity index (χ2n) is 2.89. The van der Waals surface area contributed by atoms with Crippen LogP contribution in [-0.4, -0.2) is 20.9 Å². The normalized spacial score (nSPS) is 11.3. The van der Waals surface area contributed by atoms with Gasteiger partial charge in [0, 0.05) is 18.0 Å². The summed E-state index contributed by atoms with van der Waals surface area (Å²) in [6, 6.07) is 11.0. The van der Waals surface area contributed by atoms with Gasteiger partial charge in [-0.05, 0) is 6.07 Å². The average molecular weight is 199 g/mol. The Kier molecular flexibility index (Phi) is 2.69. The Bertz CT molecular complexity index is 412. The second kappa shape index (κ2) is 4.32. The summed E-state index contributed by atoms with van der Waals surface area (Å²) in [4.78, 5) is 8.05. The molecule has 0 aliphatic heterocycles. The summed E-state index contributed by atoms with van der Waals surface area (Å²) in [6.45, 7) is 0. The molecule has 74 valence electrons. The van der Waals surface area contributed by atoms with Crippen LogP contribution in [0.15, 0.2) is 53.9 Å². The van der Waals surface area contributed by atoms with Crippen molar-refractivity contribution in [2.24, 2.45) is 5.16 Å². The lowest BCUT2D eigenvalue weighted by molar-refractivity contribution is 0.319. The molecule has 0 aliphatic rings. The Hall–Kier alpha value is -2.23. The number of nitrogens with zero attached hydrogens (tertiary/aromatic N) is 3. The molecule has 15 heavy (non-hydrogen) atoms. The van der Waals surface area contributed by atoms with Gasteiger partial charge < -0.3 is 5.21 Å². The van der Waals surface area contributed by atoms with Gasteiger partial charge in [0.1, 0.15) is 0 Å². The Balaban J connectivity index is 2.44. The van der Waals surface area contributed by atoms with Gasteiger partial charge in [0.2, 0.25) is 0 Å². The van der Waals surface area contributed by atoms with Gasteiger partial charge in [0.25, 0.3) is 0 Å². The van der Waals surface area contributed by atoms with Crippen molar-refractivity contribution in [2.45, 2.75) is 0 Å². The molecule has 2 aromatic rings. The van der Waals surface area contributed by atoms with E-state index in [4.69, 9.17) is 5.21 Å². The Morgan fingerprint density at radius 2 is 1.67 bits per heavy atom. The van der Waals surface area contributed by atoms with Crippen LogP contribution in [0.25, 0.3) is 0 Å². The smallest absolute Gasteiger partial charge is 0.182 e. The third-order valence-corrected chi connectivity index (χ3v) is 1.92. The Morgan fingerprint density at radius 3 is 2.27 bits per heavy atom. The van der Waals surface area contributed by atoms with Crippen molar-refractivity contribution in [3.63, 3.8) is 0 Å². The molecule has 1 aromatic carbocycles. The maximum atomic E-state index is 8.94. The fourth-order valence-electron chi connectivity index (χ4n) is 1.25. The molecule has 0 fully saturated rings. The number of hydrogen-bond acceptors (Lipinski definition) is 4. The Labute approximate surface area is 86.9 Å². The predicted octanol–water partition coefficient (Wildman–Crippen LogP) is 1.70. The Morgan fingerprint density at radius 1 is 1.00 bits per heavy atom. The molecule has 0 saturated carbocycles. The predicted molar refractivity (Wildman–Crippen MR) is 55.9 cm³/mol.